The molecule has 16 heavy (non-hydrogen) atoms. The monoisotopic (exact) mass is 228 g/mol. The van der Waals surface area contributed by atoms with Gasteiger partial charge in [0.15, 0.2) is 0 Å². The Bertz CT molecular complexity index is 226. The van der Waals surface area contributed by atoms with Gasteiger partial charge in [-0.2, -0.15) is 0 Å². The molecule has 0 bridgehead atoms. The maximum atomic E-state index is 11.4. The van der Waals surface area contributed by atoms with Gasteiger partial charge in [-0.15, -0.1) is 0 Å². The highest BCUT2D eigenvalue weighted by atomic mass is 16.2. The largest absolute Gasteiger partial charge is 0.351 e. The molecule has 0 aromatic carbocycles. The van der Waals surface area contributed by atoms with Crippen molar-refractivity contribution in [2.45, 2.75) is 60.4 Å². The molecule has 1 unspecified atom stereocenters. The molecule has 0 saturated carbocycles. The molecule has 2 N–H and O–H groups in total. The van der Waals surface area contributed by atoms with Crippen LogP contribution in [0.5, 0.6) is 0 Å². The molecule has 1 atom stereocenters. The van der Waals surface area contributed by atoms with Gasteiger partial charge in [-0.25, -0.2) is 4.79 Å². The van der Waals surface area contributed by atoms with Crippen LogP contribution in [0, 0.1) is 11.3 Å². The van der Waals surface area contributed by atoms with E-state index in [-0.39, 0.29) is 17.5 Å². The van der Waals surface area contributed by atoms with E-state index in [4.69, 9.17) is 5.73 Å². The maximum absolute atomic E-state index is 11.4. The van der Waals surface area contributed by atoms with Crippen molar-refractivity contribution >= 4 is 6.03 Å². The highest BCUT2D eigenvalue weighted by Gasteiger charge is 2.31. The minimum atomic E-state index is -0.307. The SMILES string of the molecule is CCCC(C)(CN(C(N)=O)C(C)C)C(C)C. The molecule has 2 amide bonds. The van der Waals surface area contributed by atoms with E-state index >= 15 is 0 Å². The normalized spacial score (nSPS) is 15.2. The van der Waals surface area contributed by atoms with Crippen molar-refractivity contribution in [1.29, 1.82) is 0 Å². The zero-order chi connectivity index (χ0) is 12.9. The van der Waals surface area contributed by atoms with Crippen molar-refractivity contribution in [3.63, 3.8) is 0 Å². The van der Waals surface area contributed by atoms with Gasteiger partial charge in [0.05, 0.1) is 0 Å². The standard InChI is InChI=1S/C13H28N2O/c1-7-8-13(6,10(2)3)9-15(11(4)5)12(14)16/h10-11H,7-9H2,1-6H3,(H2,14,16). The number of amides is 2. The molecule has 96 valence electrons. The molecule has 0 aromatic rings. The molecule has 0 spiro atoms. The number of carbonyl (C=O) groups is 1. The highest BCUT2D eigenvalue weighted by Crippen LogP contribution is 2.33. The van der Waals surface area contributed by atoms with Crippen LogP contribution in [0.2, 0.25) is 0 Å². The fourth-order valence-corrected chi connectivity index (χ4v) is 2.03. The molecule has 3 heteroatoms. The van der Waals surface area contributed by atoms with Crippen LogP contribution >= 0.6 is 0 Å². The van der Waals surface area contributed by atoms with Gasteiger partial charge < -0.3 is 10.6 Å². The smallest absolute Gasteiger partial charge is 0.315 e. The summed E-state index contributed by atoms with van der Waals surface area (Å²) in [6.07, 6.45) is 2.26. The van der Waals surface area contributed by atoms with Gasteiger partial charge in [0.2, 0.25) is 0 Å². The summed E-state index contributed by atoms with van der Waals surface area (Å²) in [5, 5.41) is 0. The molecular weight excluding hydrogens is 200 g/mol. The first kappa shape index (κ1) is 15.3. The van der Waals surface area contributed by atoms with Crippen LogP contribution in [0.1, 0.15) is 54.4 Å². The summed E-state index contributed by atoms with van der Waals surface area (Å²) in [6.45, 7) is 13.6. The molecule has 0 saturated heterocycles. The van der Waals surface area contributed by atoms with E-state index in [0.717, 1.165) is 19.4 Å². The topological polar surface area (TPSA) is 46.3 Å². The van der Waals surface area contributed by atoms with Gasteiger partial charge in [0.25, 0.3) is 0 Å². The van der Waals surface area contributed by atoms with Gasteiger partial charge in [-0.05, 0) is 31.6 Å². The fourth-order valence-electron chi connectivity index (χ4n) is 2.03. The summed E-state index contributed by atoms with van der Waals surface area (Å²) in [6, 6.07) is -0.134. The molecule has 0 rings (SSSR count). The Morgan fingerprint density at radius 2 is 1.81 bits per heavy atom. The van der Waals surface area contributed by atoms with E-state index in [1.165, 1.54) is 0 Å². The zero-order valence-corrected chi connectivity index (χ0v) is 11.7. The van der Waals surface area contributed by atoms with Crippen LogP contribution in [0.25, 0.3) is 0 Å². The van der Waals surface area contributed by atoms with E-state index in [0.29, 0.717) is 5.92 Å². The van der Waals surface area contributed by atoms with Gasteiger partial charge in [-0.1, -0.05) is 34.1 Å². The predicted molar refractivity (Wildman–Crippen MR) is 69.3 cm³/mol. The van der Waals surface area contributed by atoms with Crippen LogP contribution in [0.3, 0.4) is 0 Å². The average molecular weight is 228 g/mol. The lowest BCUT2D eigenvalue weighted by Gasteiger charge is -2.39. The van der Waals surface area contributed by atoms with E-state index < -0.39 is 0 Å². The number of urea groups is 1. The summed E-state index contributed by atoms with van der Waals surface area (Å²) in [5.74, 6) is 0.549. The molecule has 0 aromatic heterocycles. The minimum absolute atomic E-state index is 0.161. The number of nitrogens with two attached hydrogens (primary N) is 1. The lowest BCUT2D eigenvalue weighted by Crippen LogP contribution is -2.48. The first-order chi connectivity index (χ1) is 7.24. The number of rotatable bonds is 6. The molecule has 0 aliphatic carbocycles. The summed E-state index contributed by atoms with van der Waals surface area (Å²) >= 11 is 0. The van der Waals surface area contributed by atoms with E-state index in [1.54, 1.807) is 4.90 Å². The van der Waals surface area contributed by atoms with E-state index in [2.05, 4.69) is 27.7 Å². The van der Waals surface area contributed by atoms with E-state index in [9.17, 15) is 4.79 Å². The number of hydrogen-bond acceptors (Lipinski definition) is 1. The summed E-state index contributed by atoms with van der Waals surface area (Å²) in [4.78, 5) is 13.2. The molecular formula is C13H28N2O. The molecule has 0 fully saturated rings. The Labute approximate surface area is 100 Å². The van der Waals surface area contributed by atoms with Crippen LogP contribution in [0.15, 0.2) is 0 Å². The summed E-state index contributed by atoms with van der Waals surface area (Å²) in [5.41, 5.74) is 5.59. The van der Waals surface area contributed by atoms with Crippen LogP contribution < -0.4 is 5.73 Å². The van der Waals surface area contributed by atoms with Crippen molar-refractivity contribution in [2.24, 2.45) is 17.1 Å². The molecule has 0 aliphatic rings. The lowest BCUT2D eigenvalue weighted by atomic mass is 9.75. The summed E-state index contributed by atoms with van der Waals surface area (Å²) in [7, 11) is 0. The quantitative estimate of drug-likeness (QED) is 0.745. The number of hydrogen-bond donors (Lipinski definition) is 1. The molecule has 0 radical (unpaired) electrons. The van der Waals surface area contributed by atoms with Crippen LogP contribution in [-0.4, -0.2) is 23.5 Å². The molecule has 0 heterocycles. The van der Waals surface area contributed by atoms with Crippen molar-refractivity contribution < 1.29 is 4.79 Å². The fraction of sp³-hybridized carbons (Fsp3) is 0.923. The van der Waals surface area contributed by atoms with Gasteiger partial charge >= 0.3 is 6.03 Å². The Hall–Kier alpha value is -0.730. The highest BCUT2D eigenvalue weighted by molar-refractivity contribution is 5.72. The number of carbonyl (C=O) groups excluding carboxylic acids is 1. The average Bonchev–Trinajstić information content (AvgIpc) is 2.13. The third-order valence-corrected chi connectivity index (χ3v) is 3.65. The van der Waals surface area contributed by atoms with Crippen LogP contribution in [0.4, 0.5) is 4.79 Å². The Balaban J connectivity index is 4.77. The Kier molecular flexibility index (Phi) is 5.84. The number of nitrogens with zero attached hydrogens (tertiary/aromatic N) is 1. The second-order valence-corrected chi connectivity index (χ2v) is 5.62. The zero-order valence-electron chi connectivity index (χ0n) is 11.7. The van der Waals surface area contributed by atoms with Gasteiger partial charge in [0, 0.05) is 12.6 Å². The minimum Gasteiger partial charge on any atom is -0.351 e. The first-order valence-corrected chi connectivity index (χ1v) is 6.30. The van der Waals surface area contributed by atoms with Crippen molar-refractivity contribution in [3.05, 3.63) is 0 Å². The molecule has 0 aliphatic heterocycles. The van der Waals surface area contributed by atoms with Gasteiger partial charge in [-0.3, -0.25) is 0 Å². The maximum Gasteiger partial charge on any atom is 0.315 e. The van der Waals surface area contributed by atoms with Crippen molar-refractivity contribution in [1.82, 2.24) is 4.90 Å². The molecule has 3 nitrogen and oxygen atoms in total. The Morgan fingerprint density at radius 3 is 2.06 bits per heavy atom. The van der Waals surface area contributed by atoms with E-state index in [1.807, 2.05) is 13.8 Å². The first-order valence-electron chi connectivity index (χ1n) is 6.30. The third-order valence-electron chi connectivity index (χ3n) is 3.65. The second kappa shape index (κ2) is 6.12. The summed E-state index contributed by atoms with van der Waals surface area (Å²) < 4.78 is 0. The third kappa shape index (κ3) is 4.03. The van der Waals surface area contributed by atoms with Crippen molar-refractivity contribution in [3.8, 4) is 0 Å². The van der Waals surface area contributed by atoms with Gasteiger partial charge in [0.1, 0.15) is 0 Å². The van der Waals surface area contributed by atoms with Crippen molar-refractivity contribution in [2.75, 3.05) is 6.54 Å². The predicted octanol–water partition coefficient (Wildman–Crippen LogP) is 3.24. The lowest BCUT2D eigenvalue weighted by molar-refractivity contribution is 0.106. The second-order valence-electron chi connectivity index (χ2n) is 5.62. The number of primary amides is 1. The van der Waals surface area contributed by atoms with Crippen LogP contribution in [-0.2, 0) is 0 Å². The Morgan fingerprint density at radius 1 is 1.31 bits per heavy atom.